The summed E-state index contributed by atoms with van der Waals surface area (Å²) in [4.78, 5) is 21.9. The molecule has 0 bridgehead atoms. The van der Waals surface area contributed by atoms with Crippen LogP contribution in [0.2, 0.25) is 0 Å². The standard InChI is InChI=1S/C11H11NO5/c13-7(5-10(14)15)6-12-8-3-1-2-4-9(8)17-11(12)16/h1-4,7,13H,5-6H2,(H,14,15). The summed E-state index contributed by atoms with van der Waals surface area (Å²) in [5.74, 6) is -1.71. The fourth-order valence-electron chi connectivity index (χ4n) is 1.66. The van der Waals surface area contributed by atoms with Gasteiger partial charge in [-0.15, -0.1) is 0 Å². The molecular formula is C11H11NO5. The third-order valence-corrected chi connectivity index (χ3v) is 2.38. The van der Waals surface area contributed by atoms with Crippen molar-refractivity contribution in [1.82, 2.24) is 4.57 Å². The number of carbonyl (C=O) groups is 1. The lowest BCUT2D eigenvalue weighted by Crippen LogP contribution is -2.25. The van der Waals surface area contributed by atoms with Crippen LogP contribution in [0.1, 0.15) is 6.42 Å². The molecule has 1 aromatic heterocycles. The molecule has 2 N–H and O–H groups in total. The zero-order chi connectivity index (χ0) is 12.4. The highest BCUT2D eigenvalue weighted by molar-refractivity contribution is 5.72. The molecule has 0 amide bonds. The normalized spacial score (nSPS) is 12.8. The summed E-state index contributed by atoms with van der Waals surface area (Å²) >= 11 is 0. The molecule has 2 rings (SSSR count). The van der Waals surface area contributed by atoms with Crippen LogP contribution < -0.4 is 5.76 Å². The van der Waals surface area contributed by atoms with Crippen molar-refractivity contribution in [2.45, 2.75) is 19.1 Å². The lowest BCUT2D eigenvalue weighted by Gasteiger charge is -2.07. The summed E-state index contributed by atoms with van der Waals surface area (Å²) < 4.78 is 6.18. The fourth-order valence-corrected chi connectivity index (χ4v) is 1.66. The van der Waals surface area contributed by atoms with Gasteiger partial charge in [-0.25, -0.2) is 4.79 Å². The number of aliphatic hydroxyl groups excluding tert-OH is 1. The summed E-state index contributed by atoms with van der Waals surface area (Å²) in [6.07, 6.45) is -1.53. The minimum absolute atomic E-state index is 0.0951. The fraction of sp³-hybridized carbons (Fsp3) is 0.273. The first-order chi connectivity index (χ1) is 8.08. The largest absolute Gasteiger partial charge is 0.481 e. The van der Waals surface area contributed by atoms with E-state index in [9.17, 15) is 14.7 Å². The van der Waals surface area contributed by atoms with Gasteiger partial charge < -0.3 is 14.6 Å². The summed E-state index contributed by atoms with van der Waals surface area (Å²) in [6.45, 7) is -0.0951. The highest BCUT2D eigenvalue weighted by atomic mass is 16.4. The number of carboxylic acids is 1. The van der Waals surface area contributed by atoms with Crippen LogP contribution in [0, 0.1) is 0 Å². The van der Waals surface area contributed by atoms with E-state index in [1.54, 1.807) is 24.3 Å². The molecular weight excluding hydrogens is 226 g/mol. The van der Waals surface area contributed by atoms with E-state index in [0.29, 0.717) is 11.1 Å². The highest BCUT2D eigenvalue weighted by Gasteiger charge is 2.15. The van der Waals surface area contributed by atoms with E-state index < -0.39 is 24.3 Å². The summed E-state index contributed by atoms with van der Waals surface area (Å²) in [6, 6.07) is 6.77. The van der Waals surface area contributed by atoms with Crippen molar-refractivity contribution in [1.29, 1.82) is 0 Å². The van der Waals surface area contributed by atoms with Crippen molar-refractivity contribution < 1.29 is 19.4 Å². The molecule has 2 aromatic rings. The van der Waals surface area contributed by atoms with Crippen LogP contribution in [-0.4, -0.2) is 26.9 Å². The van der Waals surface area contributed by atoms with Gasteiger partial charge in [-0.05, 0) is 12.1 Å². The molecule has 1 heterocycles. The molecule has 0 spiro atoms. The Kier molecular flexibility index (Phi) is 2.97. The van der Waals surface area contributed by atoms with Crippen LogP contribution in [0.3, 0.4) is 0 Å². The minimum Gasteiger partial charge on any atom is -0.481 e. The Balaban J connectivity index is 2.32. The number of carboxylic acid groups (broad SMARTS) is 1. The van der Waals surface area contributed by atoms with Gasteiger partial charge in [0.1, 0.15) is 0 Å². The first-order valence-corrected chi connectivity index (χ1v) is 5.06. The SMILES string of the molecule is O=C(O)CC(O)Cn1c(=O)oc2ccccc21. The van der Waals surface area contributed by atoms with Crippen LogP contribution in [0.15, 0.2) is 33.5 Å². The number of oxazole rings is 1. The molecule has 1 aromatic carbocycles. The van der Waals surface area contributed by atoms with Crippen LogP contribution in [-0.2, 0) is 11.3 Å². The van der Waals surface area contributed by atoms with Crippen LogP contribution in [0.4, 0.5) is 0 Å². The van der Waals surface area contributed by atoms with Gasteiger partial charge in [-0.2, -0.15) is 0 Å². The van der Waals surface area contributed by atoms with E-state index in [1.165, 1.54) is 4.57 Å². The number of benzene rings is 1. The topological polar surface area (TPSA) is 92.7 Å². The number of aromatic nitrogens is 1. The van der Waals surface area contributed by atoms with Crippen molar-refractivity contribution in [3.63, 3.8) is 0 Å². The van der Waals surface area contributed by atoms with Crippen molar-refractivity contribution in [3.8, 4) is 0 Å². The van der Waals surface area contributed by atoms with Gasteiger partial charge in [0.25, 0.3) is 0 Å². The van der Waals surface area contributed by atoms with E-state index in [4.69, 9.17) is 9.52 Å². The van der Waals surface area contributed by atoms with Gasteiger partial charge in [0.2, 0.25) is 0 Å². The number of fused-ring (bicyclic) bond motifs is 1. The van der Waals surface area contributed by atoms with Gasteiger partial charge in [-0.1, -0.05) is 12.1 Å². The number of aliphatic carboxylic acids is 1. The first-order valence-electron chi connectivity index (χ1n) is 5.06. The molecule has 0 saturated heterocycles. The second-order valence-electron chi connectivity index (χ2n) is 3.70. The highest BCUT2D eigenvalue weighted by Crippen LogP contribution is 2.12. The molecule has 0 fully saturated rings. The van der Waals surface area contributed by atoms with Crippen molar-refractivity contribution in [2.24, 2.45) is 0 Å². The average molecular weight is 237 g/mol. The van der Waals surface area contributed by atoms with Crippen LogP contribution >= 0.6 is 0 Å². The molecule has 90 valence electrons. The molecule has 0 aliphatic rings. The Hall–Kier alpha value is -2.08. The molecule has 0 radical (unpaired) electrons. The van der Waals surface area contributed by atoms with Crippen molar-refractivity contribution in [3.05, 3.63) is 34.8 Å². The van der Waals surface area contributed by atoms with Crippen LogP contribution in [0.25, 0.3) is 11.1 Å². The second kappa shape index (κ2) is 4.42. The van der Waals surface area contributed by atoms with Gasteiger partial charge in [0.05, 0.1) is 24.6 Å². The molecule has 0 aliphatic carbocycles. The molecule has 6 nitrogen and oxygen atoms in total. The monoisotopic (exact) mass is 237 g/mol. The maximum Gasteiger partial charge on any atom is 0.420 e. The summed E-state index contributed by atoms with van der Waals surface area (Å²) in [5.41, 5.74) is 0.960. The van der Waals surface area contributed by atoms with Gasteiger partial charge in [0, 0.05) is 0 Å². The second-order valence-corrected chi connectivity index (χ2v) is 3.70. The Morgan fingerprint density at radius 3 is 2.82 bits per heavy atom. The Labute approximate surface area is 95.7 Å². The molecule has 17 heavy (non-hydrogen) atoms. The molecule has 6 heteroatoms. The smallest absolute Gasteiger partial charge is 0.420 e. The Bertz CT molecular complexity index is 597. The number of hydrogen-bond acceptors (Lipinski definition) is 4. The number of nitrogens with zero attached hydrogens (tertiary/aromatic N) is 1. The van der Waals surface area contributed by atoms with E-state index in [-0.39, 0.29) is 6.54 Å². The Morgan fingerprint density at radius 2 is 2.12 bits per heavy atom. The number of para-hydroxylation sites is 2. The van der Waals surface area contributed by atoms with Crippen molar-refractivity contribution in [2.75, 3.05) is 0 Å². The number of aliphatic hydroxyl groups is 1. The Morgan fingerprint density at radius 1 is 1.41 bits per heavy atom. The third kappa shape index (κ3) is 2.36. The maximum absolute atomic E-state index is 11.5. The lowest BCUT2D eigenvalue weighted by atomic mass is 10.2. The van der Waals surface area contributed by atoms with E-state index >= 15 is 0 Å². The van der Waals surface area contributed by atoms with E-state index in [1.807, 2.05) is 0 Å². The minimum atomic E-state index is -1.12. The van der Waals surface area contributed by atoms with Gasteiger partial charge >= 0.3 is 11.7 Å². The molecule has 1 unspecified atom stereocenters. The number of hydrogen-bond donors (Lipinski definition) is 2. The first kappa shape index (κ1) is 11.4. The summed E-state index contributed by atoms with van der Waals surface area (Å²) in [7, 11) is 0. The van der Waals surface area contributed by atoms with E-state index in [2.05, 4.69) is 0 Å². The quantitative estimate of drug-likeness (QED) is 0.804. The van der Waals surface area contributed by atoms with Crippen molar-refractivity contribution >= 4 is 17.1 Å². The molecule has 0 aliphatic heterocycles. The predicted octanol–water partition coefficient (Wildman–Crippen LogP) is 0.430. The predicted molar refractivity (Wildman–Crippen MR) is 58.7 cm³/mol. The average Bonchev–Trinajstić information content (AvgIpc) is 2.55. The zero-order valence-corrected chi connectivity index (χ0v) is 8.87. The van der Waals surface area contributed by atoms with Crippen LogP contribution in [0.5, 0.6) is 0 Å². The summed E-state index contributed by atoms with van der Waals surface area (Å²) in [5, 5.41) is 18.0. The number of rotatable bonds is 4. The molecule has 0 saturated carbocycles. The molecule has 1 atom stereocenters. The maximum atomic E-state index is 11.5. The van der Waals surface area contributed by atoms with E-state index in [0.717, 1.165) is 0 Å². The zero-order valence-electron chi connectivity index (χ0n) is 8.87. The van der Waals surface area contributed by atoms with Gasteiger partial charge in [0.15, 0.2) is 5.58 Å². The van der Waals surface area contributed by atoms with Gasteiger partial charge in [-0.3, -0.25) is 9.36 Å². The lowest BCUT2D eigenvalue weighted by molar-refractivity contribution is -0.139. The third-order valence-electron chi connectivity index (χ3n) is 2.38.